The number of pyridine rings is 2. The summed E-state index contributed by atoms with van der Waals surface area (Å²) in [6, 6.07) is 19.4. The molecule has 0 saturated heterocycles. The van der Waals surface area contributed by atoms with Crippen molar-refractivity contribution < 1.29 is 8.42 Å². The maximum absolute atomic E-state index is 13.0. The van der Waals surface area contributed by atoms with Crippen LogP contribution in [0, 0.1) is 0 Å². The highest BCUT2D eigenvalue weighted by atomic mass is 32.2. The third kappa shape index (κ3) is 3.15. The number of benzene rings is 2. The van der Waals surface area contributed by atoms with Crippen molar-refractivity contribution in [1.82, 2.24) is 19.7 Å². The molecule has 7 heteroatoms. The first-order chi connectivity index (χ1) is 14.1. The lowest BCUT2D eigenvalue weighted by Gasteiger charge is -2.08. The minimum absolute atomic E-state index is 0.257. The van der Waals surface area contributed by atoms with Crippen molar-refractivity contribution >= 4 is 31.8 Å². The normalized spacial score (nSPS) is 11.9. The summed E-state index contributed by atoms with van der Waals surface area (Å²) >= 11 is 0. The van der Waals surface area contributed by atoms with Gasteiger partial charge in [0.25, 0.3) is 0 Å². The van der Waals surface area contributed by atoms with E-state index in [2.05, 4.69) is 15.1 Å². The van der Waals surface area contributed by atoms with Crippen molar-refractivity contribution in [3.63, 3.8) is 0 Å². The Bertz CT molecular complexity index is 1440. The molecule has 3 heterocycles. The average Bonchev–Trinajstić information content (AvgIpc) is 3.17. The Kier molecular flexibility index (Phi) is 4.10. The van der Waals surface area contributed by atoms with Gasteiger partial charge >= 0.3 is 0 Å². The predicted molar refractivity (Wildman–Crippen MR) is 110 cm³/mol. The Labute approximate surface area is 167 Å². The quantitative estimate of drug-likeness (QED) is 0.458. The van der Waals surface area contributed by atoms with Crippen molar-refractivity contribution in [3.8, 4) is 0 Å². The van der Waals surface area contributed by atoms with Crippen LogP contribution >= 0.6 is 0 Å². The van der Waals surface area contributed by atoms with Gasteiger partial charge in [-0.1, -0.05) is 18.2 Å². The van der Waals surface area contributed by atoms with Crippen LogP contribution in [0.1, 0.15) is 5.56 Å². The molecule has 0 N–H and O–H groups in total. The van der Waals surface area contributed by atoms with E-state index < -0.39 is 9.84 Å². The molecule has 3 aromatic heterocycles. The Hall–Kier alpha value is -3.58. The Morgan fingerprint density at radius 1 is 0.793 bits per heavy atom. The molecule has 0 aliphatic rings. The van der Waals surface area contributed by atoms with Crippen molar-refractivity contribution in [2.24, 2.45) is 0 Å². The smallest absolute Gasteiger partial charge is 0.206 e. The molecule has 0 atom stereocenters. The molecule has 0 aliphatic carbocycles. The van der Waals surface area contributed by atoms with E-state index >= 15 is 0 Å². The van der Waals surface area contributed by atoms with E-state index in [0.29, 0.717) is 6.54 Å². The van der Waals surface area contributed by atoms with Crippen LogP contribution in [0.4, 0.5) is 0 Å². The van der Waals surface area contributed by atoms with Gasteiger partial charge < -0.3 is 0 Å². The van der Waals surface area contributed by atoms with Crippen molar-refractivity contribution in [1.29, 1.82) is 0 Å². The lowest BCUT2D eigenvalue weighted by atomic mass is 10.2. The van der Waals surface area contributed by atoms with E-state index in [1.54, 1.807) is 59.7 Å². The zero-order chi connectivity index (χ0) is 19.8. The fraction of sp³-hybridized carbons (Fsp3) is 0.0455. The topological polar surface area (TPSA) is 77.7 Å². The molecule has 2 aromatic carbocycles. The van der Waals surface area contributed by atoms with Crippen molar-refractivity contribution in [2.75, 3.05) is 0 Å². The van der Waals surface area contributed by atoms with Gasteiger partial charge in [0, 0.05) is 23.2 Å². The van der Waals surface area contributed by atoms with Gasteiger partial charge in [0.2, 0.25) is 9.84 Å². The molecule has 142 valence electrons. The summed E-state index contributed by atoms with van der Waals surface area (Å²) in [5.74, 6) is 0. The van der Waals surface area contributed by atoms with Gasteiger partial charge in [0.05, 0.1) is 28.0 Å². The highest BCUT2D eigenvalue weighted by Gasteiger charge is 2.18. The molecular formula is C22H16N4O2S. The molecule has 0 unspecified atom stereocenters. The highest BCUT2D eigenvalue weighted by Crippen LogP contribution is 2.24. The number of rotatable bonds is 4. The largest absolute Gasteiger partial charge is 0.256 e. The molecule has 0 radical (unpaired) electrons. The summed E-state index contributed by atoms with van der Waals surface area (Å²) in [5.41, 5.74) is 2.51. The first-order valence-corrected chi connectivity index (χ1v) is 10.5. The van der Waals surface area contributed by atoms with Crippen LogP contribution in [0.3, 0.4) is 0 Å². The van der Waals surface area contributed by atoms with Gasteiger partial charge in [-0.15, -0.1) is 0 Å². The zero-order valence-electron chi connectivity index (χ0n) is 15.3. The fourth-order valence-electron chi connectivity index (χ4n) is 3.33. The minimum atomic E-state index is -3.61. The Morgan fingerprint density at radius 3 is 2.34 bits per heavy atom. The van der Waals surface area contributed by atoms with Crippen LogP contribution in [0.25, 0.3) is 21.9 Å². The molecular weight excluding hydrogens is 384 g/mol. The molecule has 6 nitrogen and oxygen atoms in total. The summed E-state index contributed by atoms with van der Waals surface area (Å²) in [4.78, 5) is 9.11. The maximum atomic E-state index is 13.0. The van der Waals surface area contributed by atoms with E-state index in [4.69, 9.17) is 0 Å². The summed E-state index contributed by atoms with van der Waals surface area (Å²) < 4.78 is 27.9. The molecule has 5 rings (SSSR count). The number of aromatic nitrogens is 4. The molecule has 0 amide bonds. The number of fused-ring (bicyclic) bond motifs is 2. The minimum Gasteiger partial charge on any atom is -0.256 e. The van der Waals surface area contributed by atoms with Crippen molar-refractivity contribution in [3.05, 3.63) is 90.9 Å². The van der Waals surface area contributed by atoms with Crippen LogP contribution in [0.15, 0.2) is 95.1 Å². The predicted octanol–water partition coefficient (Wildman–Crippen LogP) is 3.86. The van der Waals surface area contributed by atoms with Crippen LogP contribution < -0.4 is 0 Å². The van der Waals surface area contributed by atoms with Gasteiger partial charge in [0.15, 0.2) is 5.65 Å². The molecule has 0 spiro atoms. The van der Waals surface area contributed by atoms with Crippen LogP contribution in [-0.4, -0.2) is 28.2 Å². The van der Waals surface area contributed by atoms with E-state index in [1.165, 1.54) is 0 Å². The Balaban J connectivity index is 1.45. The second kappa shape index (κ2) is 6.79. The number of hydrogen-bond donors (Lipinski definition) is 0. The molecule has 0 bridgehead atoms. The third-order valence-corrected chi connectivity index (χ3v) is 6.62. The van der Waals surface area contributed by atoms with E-state index in [-0.39, 0.29) is 9.79 Å². The summed E-state index contributed by atoms with van der Waals surface area (Å²) in [6.07, 6.45) is 5.19. The van der Waals surface area contributed by atoms with Crippen LogP contribution in [-0.2, 0) is 16.4 Å². The monoisotopic (exact) mass is 400 g/mol. The number of nitrogens with zero attached hydrogens (tertiary/aromatic N) is 4. The molecule has 0 fully saturated rings. The van der Waals surface area contributed by atoms with Gasteiger partial charge in [-0.25, -0.2) is 18.1 Å². The van der Waals surface area contributed by atoms with Crippen LogP contribution in [0.5, 0.6) is 0 Å². The van der Waals surface area contributed by atoms with Gasteiger partial charge in [-0.2, -0.15) is 5.10 Å². The maximum Gasteiger partial charge on any atom is 0.206 e. The zero-order valence-corrected chi connectivity index (χ0v) is 16.1. The molecule has 0 saturated carbocycles. The highest BCUT2D eigenvalue weighted by molar-refractivity contribution is 7.91. The van der Waals surface area contributed by atoms with E-state index in [1.807, 2.05) is 30.3 Å². The third-order valence-electron chi connectivity index (χ3n) is 4.85. The second-order valence-corrected chi connectivity index (χ2v) is 8.67. The van der Waals surface area contributed by atoms with Gasteiger partial charge in [-0.05, 0) is 54.1 Å². The van der Waals surface area contributed by atoms with Crippen LogP contribution in [0.2, 0.25) is 0 Å². The Morgan fingerprint density at radius 2 is 1.52 bits per heavy atom. The molecule has 29 heavy (non-hydrogen) atoms. The summed E-state index contributed by atoms with van der Waals surface area (Å²) in [5, 5.41) is 6.13. The fourth-order valence-corrected chi connectivity index (χ4v) is 4.63. The summed E-state index contributed by atoms with van der Waals surface area (Å²) in [6.45, 7) is 0.516. The average molecular weight is 400 g/mol. The first-order valence-electron chi connectivity index (χ1n) is 9.07. The summed E-state index contributed by atoms with van der Waals surface area (Å²) in [7, 11) is -3.61. The van der Waals surface area contributed by atoms with Gasteiger partial charge in [-0.3, -0.25) is 4.98 Å². The lowest BCUT2D eigenvalue weighted by Crippen LogP contribution is -2.05. The van der Waals surface area contributed by atoms with Crippen molar-refractivity contribution in [2.45, 2.75) is 16.3 Å². The first kappa shape index (κ1) is 17.5. The molecule has 0 aliphatic heterocycles. The molecule has 5 aromatic rings. The van der Waals surface area contributed by atoms with E-state index in [0.717, 1.165) is 27.5 Å². The lowest BCUT2D eigenvalue weighted by molar-refractivity contribution is 0.596. The number of sulfone groups is 1. The van der Waals surface area contributed by atoms with Gasteiger partial charge in [0.1, 0.15) is 0 Å². The SMILES string of the molecule is O=S(=O)(c1ccc(Cn2ncc3cccnc32)cc1)c1ccc2ncccc2c1. The van der Waals surface area contributed by atoms with E-state index in [9.17, 15) is 8.42 Å². The second-order valence-electron chi connectivity index (χ2n) is 6.72. The standard InChI is InChI=1S/C22H16N4O2S/c27-29(28,20-9-10-21-17(13-20)3-1-11-23-21)19-7-5-16(6-8-19)15-26-22-18(14-25-26)4-2-12-24-22/h1-14H,15H2. The number of hydrogen-bond acceptors (Lipinski definition) is 5.